The summed E-state index contributed by atoms with van der Waals surface area (Å²) in [4.78, 5) is 13.6. The number of hydrogen-bond donors (Lipinski definition) is 0. The number of rotatable bonds is 4. The molecule has 1 heterocycles. The van der Waals surface area contributed by atoms with Gasteiger partial charge in [-0.3, -0.25) is 0 Å². The van der Waals surface area contributed by atoms with E-state index in [2.05, 4.69) is 0 Å². The molecule has 4 nitrogen and oxygen atoms in total. The van der Waals surface area contributed by atoms with Gasteiger partial charge in [0.15, 0.2) is 0 Å². The van der Waals surface area contributed by atoms with Crippen LogP contribution in [0.1, 0.15) is 41.1 Å². The fourth-order valence-corrected chi connectivity index (χ4v) is 2.96. The van der Waals surface area contributed by atoms with E-state index in [4.69, 9.17) is 9.47 Å². The van der Waals surface area contributed by atoms with Crippen LogP contribution in [0.3, 0.4) is 0 Å². The molecule has 0 N–H and O–H groups in total. The van der Waals surface area contributed by atoms with E-state index in [0.29, 0.717) is 23.8 Å². The molecule has 1 aromatic carbocycles. The van der Waals surface area contributed by atoms with Crippen LogP contribution in [0.5, 0.6) is 5.75 Å². The Kier molecular flexibility index (Phi) is 3.70. The normalized spacial score (nSPS) is 20.1. The lowest BCUT2D eigenvalue weighted by atomic mass is 10.0. The van der Waals surface area contributed by atoms with Gasteiger partial charge in [0, 0.05) is 24.7 Å². The number of methoxy groups -OCH3 is 2. The Morgan fingerprint density at radius 3 is 2.55 bits per heavy atom. The zero-order chi connectivity index (χ0) is 15.9. The van der Waals surface area contributed by atoms with Gasteiger partial charge in [-0.1, -0.05) is 0 Å². The van der Waals surface area contributed by atoms with Gasteiger partial charge in [0.2, 0.25) is 0 Å². The summed E-state index contributed by atoms with van der Waals surface area (Å²) in [5, 5.41) is 0. The molecule has 2 fully saturated rings. The molecule has 1 saturated carbocycles. The molecular formula is C16H19F2NO3. The number of halogens is 2. The first-order valence-corrected chi connectivity index (χ1v) is 7.38. The maximum absolute atomic E-state index is 13.5. The van der Waals surface area contributed by atoms with Crippen molar-refractivity contribution in [3.8, 4) is 5.75 Å². The van der Waals surface area contributed by atoms with Gasteiger partial charge in [0.1, 0.15) is 11.3 Å². The number of ether oxygens (including phenoxy) is 2. The second kappa shape index (κ2) is 5.41. The highest BCUT2D eigenvalue weighted by atomic mass is 19.3. The number of nitrogens with zero attached hydrogens (tertiary/aromatic N) is 1. The van der Waals surface area contributed by atoms with Gasteiger partial charge in [0.05, 0.1) is 20.8 Å². The number of carbonyl (C=O) groups excluding carboxylic acids is 1. The van der Waals surface area contributed by atoms with Crippen molar-refractivity contribution in [1.29, 1.82) is 0 Å². The number of hydrogen-bond acceptors (Lipinski definition) is 4. The summed E-state index contributed by atoms with van der Waals surface area (Å²) in [7, 11) is 2.77. The summed E-state index contributed by atoms with van der Waals surface area (Å²) in [6, 6.07) is 3.44. The van der Waals surface area contributed by atoms with Crippen molar-refractivity contribution < 1.29 is 23.0 Å². The minimum absolute atomic E-state index is 0.141. The third-order valence-corrected chi connectivity index (χ3v) is 4.28. The second-order valence-electron chi connectivity index (χ2n) is 5.90. The highest BCUT2D eigenvalue weighted by Crippen LogP contribution is 2.47. The monoisotopic (exact) mass is 311 g/mol. The third kappa shape index (κ3) is 2.74. The van der Waals surface area contributed by atoms with Crippen LogP contribution in [0.2, 0.25) is 0 Å². The Balaban J connectivity index is 2.03. The molecule has 0 radical (unpaired) electrons. The first-order valence-electron chi connectivity index (χ1n) is 7.38. The van der Waals surface area contributed by atoms with Crippen LogP contribution in [-0.2, 0) is 4.74 Å². The van der Waals surface area contributed by atoms with Gasteiger partial charge in [-0.25, -0.2) is 13.6 Å². The summed E-state index contributed by atoms with van der Waals surface area (Å²) >= 11 is 0. The number of benzene rings is 1. The van der Waals surface area contributed by atoms with E-state index in [1.54, 1.807) is 17.0 Å². The van der Waals surface area contributed by atoms with Crippen LogP contribution in [0.25, 0.3) is 0 Å². The van der Waals surface area contributed by atoms with Crippen LogP contribution < -0.4 is 9.64 Å². The fourth-order valence-electron chi connectivity index (χ4n) is 2.96. The van der Waals surface area contributed by atoms with Crippen molar-refractivity contribution in [3.63, 3.8) is 0 Å². The second-order valence-corrected chi connectivity index (χ2v) is 5.90. The number of esters is 1. The van der Waals surface area contributed by atoms with Crippen molar-refractivity contribution in [1.82, 2.24) is 0 Å². The maximum atomic E-state index is 13.5. The van der Waals surface area contributed by atoms with Gasteiger partial charge in [0.25, 0.3) is 5.92 Å². The molecule has 1 aliphatic heterocycles. The van der Waals surface area contributed by atoms with Crippen molar-refractivity contribution in [2.45, 2.75) is 31.1 Å². The topological polar surface area (TPSA) is 38.8 Å². The molecule has 0 amide bonds. The predicted octanol–water partition coefficient (Wildman–Crippen LogP) is 3.20. The average molecular weight is 311 g/mol. The highest BCUT2D eigenvalue weighted by molar-refractivity contribution is 5.94. The number of carbonyl (C=O) groups is 1. The summed E-state index contributed by atoms with van der Waals surface area (Å²) in [5.41, 5.74) is 2.05. The fraction of sp³-hybridized carbons (Fsp3) is 0.562. The molecular weight excluding hydrogens is 292 g/mol. The van der Waals surface area contributed by atoms with E-state index < -0.39 is 11.9 Å². The Bertz CT molecular complexity index is 599. The molecule has 1 saturated heterocycles. The number of alkyl halides is 2. The van der Waals surface area contributed by atoms with E-state index in [-0.39, 0.29) is 13.0 Å². The smallest absolute Gasteiger partial charge is 0.341 e. The molecule has 1 aromatic rings. The molecule has 2 aliphatic rings. The van der Waals surface area contributed by atoms with Gasteiger partial charge in [-0.2, -0.15) is 0 Å². The number of anilines is 1. The van der Waals surface area contributed by atoms with Crippen LogP contribution in [0, 0.1) is 0 Å². The van der Waals surface area contributed by atoms with Crippen molar-refractivity contribution >= 4 is 11.7 Å². The van der Waals surface area contributed by atoms with E-state index in [9.17, 15) is 13.6 Å². The lowest BCUT2D eigenvalue weighted by Crippen LogP contribution is -2.26. The standard InChI is InChI=1S/C16H19F2NO3/c1-21-14-8-13(19-6-5-16(17,18)9-19)11(10-3-4-10)7-12(14)15(20)22-2/h7-8,10H,3-6,9H2,1-2H3. The molecule has 0 bridgehead atoms. The van der Waals surface area contributed by atoms with Crippen LogP contribution in [0.4, 0.5) is 14.5 Å². The molecule has 0 unspecified atom stereocenters. The molecule has 1 aliphatic carbocycles. The lowest BCUT2D eigenvalue weighted by Gasteiger charge is -2.23. The predicted molar refractivity (Wildman–Crippen MR) is 78.1 cm³/mol. The Hall–Kier alpha value is -1.85. The first kappa shape index (κ1) is 15.1. The Morgan fingerprint density at radius 2 is 2.05 bits per heavy atom. The summed E-state index contributed by atoms with van der Waals surface area (Å²) < 4.78 is 37.1. The molecule has 3 rings (SSSR count). The molecule has 0 atom stereocenters. The third-order valence-electron chi connectivity index (χ3n) is 4.28. The van der Waals surface area contributed by atoms with E-state index in [1.165, 1.54) is 14.2 Å². The molecule has 0 aromatic heterocycles. The van der Waals surface area contributed by atoms with Gasteiger partial charge in [-0.05, 0) is 30.4 Å². The highest BCUT2D eigenvalue weighted by Gasteiger charge is 2.40. The van der Waals surface area contributed by atoms with Gasteiger partial charge in [-0.15, -0.1) is 0 Å². The summed E-state index contributed by atoms with van der Waals surface area (Å²) in [6.45, 7) is 0.0287. The van der Waals surface area contributed by atoms with Gasteiger partial charge >= 0.3 is 5.97 Å². The van der Waals surface area contributed by atoms with Crippen molar-refractivity contribution in [2.75, 3.05) is 32.2 Å². The van der Waals surface area contributed by atoms with E-state index in [1.807, 2.05) is 0 Å². The zero-order valence-corrected chi connectivity index (χ0v) is 12.7. The van der Waals surface area contributed by atoms with Crippen LogP contribution in [-0.4, -0.2) is 39.2 Å². The maximum Gasteiger partial charge on any atom is 0.341 e. The molecule has 6 heteroatoms. The van der Waals surface area contributed by atoms with Gasteiger partial charge < -0.3 is 14.4 Å². The minimum atomic E-state index is -2.66. The molecule has 22 heavy (non-hydrogen) atoms. The van der Waals surface area contributed by atoms with E-state index >= 15 is 0 Å². The lowest BCUT2D eigenvalue weighted by molar-refractivity contribution is 0.0257. The van der Waals surface area contributed by atoms with Crippen molar-refractivity contribution in [2.24, 2.45) is 0 Å². The SMILES string of the molecule is COC(=O)c1cc(C2CC2)c(N2CCC(F)(F)C2)cc1OC. The molecule has 0 spiro atoms. The average Bonchev–Trinajstić information content (AvgIpc) is 3.28. The largest absolute Gasteiger partial charge is 0.496 e. The quantitative estimate of drug-likeness (QED) is 0.801. The molecule has 120 valence electrons. The summed E-state index contributed by atoms with van der Waals surface area (Å²) in [6.07, 6.45) is 1.90. The zero-order valence-electron chi connectivity index (χ0n) is 12.7. The first-order chi connectivity index (χ1) is 10.4. The summed E-state index contributed by atoms with van der Waals surface area (Å²) in [5.74, 6) is -2.44. The van der Waals surface area contributed by atoms with Crippen LogP contribution in [0.15, 0.2) is 12.1 Å². The minimum Gasteiger partial charge on any atom is -0.496 e. The van der Waals surface area contributed by atoms with E-state index in [0.717, 1.165) is 24.1 Å². The Labute approximate surface area is 128 Å². The van der Waals surface area contributed by atoms with Crippen molar-refractivity contribution in [3.05, 3.63) is 23.3 Å². The Morgan fingerprint density at radius 1 is 1.32 bits per heavy atom. The van der Waals surface area contributed by atoms with Crippen LogP contribution >= 0.6 is 0 Å².